The zero-order valence-electron chi connectivity index (χ0n) is 22.9. The maximum absolute atomic E-state index is 3.38. The second-order valence-corrected chi connectivity index (χ2v) is 12.3. The van der Waals surface area contributed by atoms with Gasteiger partial charge in [0.15, 0.2) is 0 Å². The molecule has 0 atom stereocenters. The van der Waals surface area contributed by atoms with Gasteiger partial charge < -0.3 is 0 Å². The van der Waals surface area contributed by atoms with Gasteiger partial charge in [0.2, 0.25) is 0 Å². The van der Waals surface area contributed by atoms with Crippen molar-refractivity contribution in [3.8, 4) is 11.8 Å². The summed E-state index contributed by atoms with van der Waals surface area (Å²) in [5.74, 6) is 12.3. The molecule has 0 radical (unpaired) electrons. The number of rotatable bonds is 8. The third kappa shape index (κ3) is 8.27. The zero-order valence-corrected chi connectivity index (χ0v) is 22.9. The molecule has 0 aliphatic heterocycles. The first-order chi connectivity index (χ1) is 17.2. The van der Waals surface area contributed by atoms with E-state index in [1.165, 1.54) is 115 Å². The Labute approximate surface area is 217 Å². The molecule has 0 bridgehead atoms. The van der Waals surface area contributed by atoms with Crippen LogP contribution in [-0.2, 0) is 0 Å². The fourth-order valence-corrected chi connectivity index (χ4v) is 7.49. The first kappa shape index (κ1) is 26.6. The van der Waals surface area contributed by atoms with Gasteiger partial charge in [0.25, 0.3) is 0 Å². The fourth-order valence-electron chi connectivity index (χ4n) is 7.49. The third-order valence-corrected chi connectivity index (χ3v) is 10.1. The number of hydrogen-bond acceptors (Lipinski definition) is 0. The Balaban J connectivity index is 1.16. The highest BCUT2D eigenvalue weighted by molar-refractivity contribution is 5.39. The van der Waals surface area contributed by atoms with Crippen LogP contribution < -0.4 is 0 Å². The second-order valence-electron chi connectivity index (χ2n) is 12.3. The van der Waals surface area contributed by atoms with Crippen LogP contribution in [0.5, 0.6) is 0 Å². The van der Waals surface area contributed by atoms with Crippen LogP contribution in [0.15, 0.2) is 36.4 Å². The lowest BCUT2D eigenvalue weighted by Crippen LogP contribution is -2.25. The minimum Gasteiger partial charge on any atom is -0.0730 e. The molecule has 0 aromatic heterocycles. The van der Waals surface area contributed by atoms with Crippen molar-refractivity contribution in [1.29, 1.82) is 0 Å². The van der Waals surface area contributed by atoms with Gasteiger partial charge in [0.05, 0.1) is 0 Å². The standard InChI is InChI=1S/C35H52/c1-3-5-6-9-29-14-22-34(23-15-29)35-26-18-31(19-27-35)11-8-7-10-30-16-24-33(25-17-30)32-20-12-28(4-2)13-21-32/h7,10,18-19,26-30,32-34H,3-6,9,12-17,20-25H2,1-2H3/b10-7+. The number of hydrogen-bond donors (Lipinski definition) is 0. The molecule has 1 aromatic rings. The molecule has 3 saturated carbocycles. The summed E-state index contributed by atoms with van der Waals surface area (Å²) in [7, 11) is 0. The predicted octanol–water partition coefficient (Wildman–Crippen LogP) is 10.5. The Hall–Kier alpha value is -1.48. The summed E-state index contributed by atoms with van der Waals surface area (Å²) in [6.07, 6.45) is 28.9. The van der Waals surface area contributed by atoms with Crippen LogP contribution in [0.3, 0.4) is 0 Å². The molecule has 3 aliphatic rings. The molecule has 35 heavy (non-hydrogen) atoms. The molecule has 0 heterocycles. The van der Waals surface area contributed by atoms with Crippen molar-refractivity contribution in [3.05, 3.63) is 47.5 Å². The first-order valence-corrected chi connectivity index (χ1v) is 15.5. The van der Waals surface area contributed by atoms with Crippen molar-refractivity contribution in [1.82, 2.24) is 0 Å². The minimum atomic E-state index is 0.756. The van der Waals surface area contributed by atoms with Crippen LogP contribution in [0.2, 0.25) is 0 Å². The van der Waals surface area contributed by atoms with E-state index in [1.54, 1.807) is 0 Å². The van der Waals surface area contributed by atoms with E-state index >= 15 is 0 Å². The summed E-state index contributed by atoms with van der Waals surface area (Å²) >= 11 is 0. The Bertz CT molecular complexity index is 794. The molecule has 3 fully saturated rings. The normalized spacial score (nSPS) is 31.7. The van der Waals surface area contributed by atoms with Gasteiger partial charge in [-0.2, -0.15) is 0 Å². The van der Waals surface area contributed by atoms with Crippen LogP contribution in [0.25, 0.3) is 0 Å². The molecular weight excluding hydrogens is 420 g/mol. The topological polar surface area (TPSA) is 0 Å². The maximum Gasteiger partial charge on any atom is 0.0249 e. The summed E-state index contributed by atoms with van der Waals surface area (Å²) in [4.78, 5) is 0. The second kappa shape index (κ2) is 14.3. The molecule has 192 valence electrons. The number of unbranched alkanes of at least 4 members (excludes halogenated alkanes) is 2. The molecule has 0 saturated heterocycles. The van der Waals surface area contributed by atoms with E-state index in [0.717, 1.165) is 41.1 Å². The smallest absolute Gasteiger partial charge is 0.0249 e. The van der Waals surface area contributed by atoms with Crippen LogP contribution in [-0.4, -0.2) is 0 Å². The molecule has 0 nitrogen and oxygen atoms in total. The van der Waals surface area contributed by atoms with Crippen LogP contribution in [0, 0.1) is 41.4 Å². The summed E-state index contributed by atoms with van der Waals surface area (Å²) in [6.45, 7) is 4.69. The number of benzene rings is 1. The predicted molar refractivity (Wildman–Crippen MR) is 152 cm³/mol. The molecule has 0 heteroatoms. The molecule has 0 N–H and O–H groups in total. The molecule has 3 aliphatic carbocycles. The van der Waals surface area contributed by atoms with Crippen molar-refractivity contribution < 1.29 is 0 Å². The van der Waals surface area contributed by atoms with Crippen LogP contribution in [0.4, 0.5) is 0 Å². The third-order valence-electron chi connectivity index (χ3n) is 10.1. The van der Waals surface area contributed by atoms with Crippen molar-refractivity contribution in [2.45, 2.75) is 129 Å². The Morgan fingerprint density at radius 2 is 1.34 bits per heavy atom. The monoisotopic (exact) mass is 472 g/mol. The van der Waals surface area contributed by atoms with Gasteiger partial charge in [-0.3, -0.25) is 0 Å². The lowest BCUT2D eigenvalue weighted by molar-refractivity contribution is 0.154. The van der Waals surface area contributed by atoms with Crippen molar-refractivity contribution in [2.24, 2.45) is 29.6 Å². The fraction of sp³-hybridized carbons (Fsp3) is 0.714. The SMILES string of the molecule is CCCCCC1CCC(c2ccc(C#C/C=C/C3CCC(C4CCC(CC)CC4)CC3)cc2)CC1. The van der Waals surface area contributed by atoms with Crippen LogP contribution >= 0.6 is 0 Å². The molecule has 0 spiro atoms. The Kier molecular flexibility index (Phi) is 10.9. The lowest BCUT2D eigenvalue weighted by atomic mass is 9.69. The van der Waals surface area contributed by atoms with Crippen molar-refractivity contribution in [3.63, 3.8) is 0 Å². The van der Waals surface area contributed by atoms with Crippen molar-refractivity contribution >= 4 is 0 Å². The summed E-state index contributed by atoms with van der Waals surface area (Å²) in [5.41, 5.74) is 2.70. The van der Waals surface area contributed by atoms with Gasteiger partial charge in [0.1, 0.15) is 0 Å². The van der Waals surface area contributed by atoms with Gasteiger partial charge in [0, 0.05) is 5.56 Å². The van der Waals surface area contributed by atoms with E-state index in [9.17, 15) is 0 Å². The highest BCUT2D eigenvalue weighted by Crippen LogP contribution is 2.42. The van der Waals surface area contributed by atoms with E-state index in [4.69, 9.17) is 0 Å². The zero-order chi connectivity index (χ0) is 24.3. The van der Waals surface area contributed by atoms with Gasteiger partial charge in [-0.1, -0.05) is 88.8 Å². The molecule has 4 rings (SSSR count). The Morgan fingerprint density at radius 1 is 0.714 bits per heavy atom. The summed E-state index contributed by atoms with van der Waals surface area (Å²) in [6, 6.07) is 9.21. The molecule has 0 unspecified atom stereocenters. The maximum atomic E-state index is 3.38. The highest BCUT2D eigenvalue weighted by atomic mass is 14.3. The van der Waals surface area contributed by atoms with E-state index in [1.807, 2.05) is 0 Å². The minimum absolute atomic E-state index is 0.756. The van der Waals surface area contributed by atoms with Gasteiger partial charge in [-0.05, 0) is 123 Å². The van der Waals surface area contributed by atoms with Gasteiger partial charge in [-0.15, -0.1) is 0 Å². The molecular formula is C35H52. The lowest BCUT2D eigenvalue weighted by Gasteiger charge is -2.37. The highest BCUT2D eigenvalue weighted by Gasteiger charge is 2.29. The van der Waals surface area contributed by atoms with Gasteiger partial charge in [-0.25, -0.2) is 0 Å². The van der Waals surface area contributed by atoms with E-state index in [0.29, 0.717) is 0 Å². The molecule has 1 aromatic carbocycles. The largest absolute Gasteiger partial charge is 0.0730 e. The van der Waals surface area contributed by atoms with E-state index in [-0.39, 0.29) is 0 Å². The summed E-state index contributed by atoms with van der Waals surface area (Å²) < 4.78 is 0. The van der Waals surface area contributed by atoms with Crippen molar-refractivity contribution in [2.75, 3.05) is 0 Å². The first-order valence-electron chi connectivity index (χ1n) is 15.5. The van der Waals surface area contributed by atoms with E-state index < -0.39 is 0 Å². The van der Waals surface area contributed by atoms with Crippen LogP contribution in [0.1, 0.15) is 140 Å². The quantitative estimate of drug-likeness (QED) is 0.261. The molecule has 0 amide bonds. The number of allylic oxidation sites excluding steroid dienone is 2. The van der Waals surface area contributed by atoms with Gasteiger partial charge >= 0.3 is 0 Å². The average molecular weight is 473 g/mol. The summed E-state index contributed by atoms with van der Waals surface area (Å²) in [5, 5.41) is 0. The Morgan fingerprint density at radius 3 is 1.97 bits per heavy atom. The van der Waals surface area contributed by atoms with E-state index in [2.05, 4.69) is 62.1 Å². The average Bonchev–Trinajstić information content (AvgIpc) is 2.92.